The average Bonchev–Trinajstić information content (AvgIpc) is 0.725. The molecule has 3 nitrogen and oxygen atoms in total. The van der Waals surface area contributed by atoms with Crippen LogP contribution in [0.1, 0.15) is 0 Å². The van der Waals surface area contributed by atoms with E-state index in [-0.39, 0.29) is 0 Å². The third kappa shape index (κ3) is 13.9. The van der Waals surface area contributed by atoms with Crippen LogP contribution >= 0.6 is 18.1 Å². The van der Waals surface area contributed by atoms with Gasteiger partial charge in [0.2, 0.25) is 0 Å². The van der Waals surface area contributed by atoms with Gasteiger partial charge in [-0.2, -0.15) is 0 Å². The van der Waals surface area contributed by atoms with Gasteiger partial charge in [0.15, 0.2) is 0 Å². The van der Waals surface area contributed by atoms with Gasteiger partial charge in [-0.05, 0) is 154 Å². The van der Waals surface area contributed by atoms with E-state index in [1.807, 2.05) is 30.6 Å². The molecule has 0 aliphatic carbocycles. The standard InChI is InChI=1S/C41H28NPS.C37H26NPS.C31H22NPS/c44-43(31-14-3-1-4-15-31,32-16-5-2-6-17-32)33-25-23-30(24-26-33)39-35-19-9-11-21-37(35)40(38-22-12-10-20-36(38)39)41-34-18-8-7-13-29(34)27-28-42-41;40-39(28-13-3-1-4-14-28,29-15-5-2-6-16-29)30-24-22-27(23-25-30)36-31-17-7-9-19-33(31)37(35-21-11-12-26-38-35)34-20-10-8-18-32(34)36;34-33(24-11-3-1-4-12-24,25-13-5-2-6-14-25)26-21-19-23(20-22-26)31-27-15-7-9-17-29(27)32-30-18-10-8-16-28(30)31/h1-28H;1-26H;1-22H. The van der Waals surface area contributed by atoms with Crippen molar-refractivity contribution < 1.29 is 0 Å². The highest BCUT2D eigenvalue weighted by Crippen LogP contribution is 2.50. The highest BCUT2D eigenvalue weighted by Gasteiger charge is 2.30. The van der Waals surface area contributed by atoms with Crippen molar-refractivity contribution in [3.8, 4) is 55.9 Å². The Bertz CT molecular complexity index is 7110. The molecule has 0 saturated heterocycles. The van der Waals surface area contributed by atoms with Crippen molar-refractivity contribution in [3.05, 3.63) is 461 Å². The fraction of sp³-hybridized carbons (Fsp3) is 0. The molecule has 118 heavy (non-hydrogen) atoms. The minimum Gasteiger partial charge on any atom is -0.256 e. The number of rotatable bonds is 14. The highest BCUT2D eigenvalue weighted by molar-refractivity contribution is 8.26. The van der Waals surface area contributed by atoms with Crippen LogP contribution in [0.25, 0.3) is 132 Å². The SMILES string of the molecule is S=P(c1ccccc1)(c1ccccc1)c1ccc(-c2c3ccccc3c(-c3ccccn3)c3ccccc23)cc1.S=P(c1ccccc1)(c1ccccc1)c1ccc(-c2c3ccccc3c(-c3nccc4ccccc34)c3ccccc23)cc1.S=P(c1ccccc1)(c1ccccc1)c1ccc(-c2c3ccccc3nc3ccccc23)cc1. The molecule has 3 aromatic heterocycles. The molecule has 0 saturated carbocycles. The summed E-state index contributed by atoms with van der Waals surface area (Å²) in [6, 6.07) is 152. The van der Waals surface area contributed by atoms with Crippen molar-refractivity contribution in [2.75, 3.05) is 0 Å². The summed E-state index contributed by atoms with van der Waals surface area (Å²) in [5.41, 5.74) is 13.6. The summed E-state index contributed by atoms with van der Waals surface area (Å²) in [5.74, 6) is 0. The summed E-state index contributed by atoms with van der Waals surface area (Å²) in [4.78, 5) is 14.6. The molecule has 9 heteroatoms. The molecule has 0 bridgehead atoms. The molecule has 0 atom stereocenters. The predicted molar refractivity (Wildman–Crippen MR) is 521 cm³/mol. The van der Waals surface area contributed by atoms with Crippen LogP contribution in [0.15, 0.2) is 461 Å². The zero-order valence-electron chi connectivity index (χ0n) is 64.3. The first-order valence-electron chi connectivity index (χ1n) is 39.6. The molecule has 560 valence electrons. The molecule has 0 aliphatic rings. The number of hydrogen-bond donors (Lipinski definition) is 0. The van der Waals surface area contributed by atoms with Crippen LogP contribution in [-0.4, -0.2) is 15.0 Å². The molecule has 0 fully saturated rings. The lowest BCUT2D eigenvalue weighted by atomic mass is 9.86. The maximum Gasteiger partial charge on any atom is 0.0792 e. The Morgan fingerprint density at radius 2 is 0.415 bits per heavy atom. The number of benzene rings is 18. The lowest BCUT2D eigenvalue weighted by Crippen LogP contribution is -2.24. The normalized spacial score (nSPS) is 11.7. The van der Waals surface area contributed by atoms with Gasteiger partial charge in [0, 0.05) is 63.4 Å². The Morgan fingerprint density at radius 3 is 0.729 bits per heavy atom. The maximum absolute atomic E-state index is 6.63. The second-order valence-electron chi connectivity index (χ2n) is 29.3. The largest absolute Gasteiger partial charge is 0.256 e. The van der Waals surface area contributed by atoms with Crippen LogP contribution < -0.4 is 47.7 Å². The van der Waals surface area contributed by atoms with Crippen molar-refractivity contribution in [3.63, 3.8) is 0 Å². The molecule has 0 radical (unpaired) electrons. The highest BCUT2D eigenvalue weighted by atomic mass is 32.4. The quantitative estimate of drug-likeness (QED) is 0.0798. The van der Waals surface area contributed by atoms with Gasteiger partial charge >= 0.3 is 0 Å². The Labute approximate surface area is 703 Å². The Balaban J connectivity index is 0.000000119. The number of hydrogen-bond acceptors (Lipinski definition) is 6. The number of pyridine rings is 3. The number of aromatic nitrogens is 3. The van der Waals surface area contributed by atoms with Crippen LogP contribution in [0.2, 0.25) is 0 Å². The average molecular weight is 1620 g/mol. The Kier molecular flexibility index (Phi) is 21.1. The van der Waals surface area contributed by atoms with E-state index >= 15 is 0 Å². The molecule has 0 spiro atoms. The zero-order valence-corrected chi connectivity index (χ0v) is 69.4. The summed E-state index contributed by atoms with van der Waals surface area (Å²) in [5, 5.41) is 25.2. The van der Waals surface area contributed by atoms with E-state index in [1.54, 1.807) is 0 Å². The molecule has 18 aromatic carbocycles. The number of para-hydroxylation sites is 2. The van der Waals surface area contributed by atoms with Gasteiger partial charge in [-0.25, -0.2) is 4.98 Å². The molecule has 21 rings (SSSR count). The van der Waals surface area contributed by atoms with Gasteiger partial charge in [-0.15, -0.1) is 0 Å². The smallest absolute Gasteiger partial charge is 0.0792 e. The minimum atomic E-state index is -2.23. The molecular weight excluding hydrogens is 1540 g/mol. The van der Waals surface area contributed by atoms with Crippen LogP contribution in [0.5, 0.6) is 0 Å². The van der Waals surface area contributed by atoms with E-state index < -0.39 is 18.1 Å². The number of nitrogens with zero attached hydrogens (tertiary/aromatic N) is 3. The van der Waals surface area contributed by atoms with Gasteiger partial charge in [-0.3, -0.25) is 9.97 Å². The van der Waals surface area contributed by atoms with E-state index in [0.29, 0.717) is 0 Å². The second kappa shape index (κ2) is 33.1. The summed E-state index contributed by atoms with van der Waals surface area (Å²) < 4.78 is 0. The third-order valence-electron chi connectivity index (χ3n) is 22.6. The molecule has 21 aromatic rings. The van der Waals surface area contributed by atoms with Crippen molar-refractivity contribution in [2.24, 2.45) is 0 Å². The molecule has 3 heterocycles. The van der Waals surface area contributed by atoms with Gasteiger partial charge < -0.3 is 0 Å². The van der Waals surface area contributed by atoms with Crippen LogP contribution in [-0.2, 0) is 35.4 Å². The van der Waals surface area contributed by atoms with Crippen LogP contribution in [0.3, 0.4) is 0 Å². The molecule has 0 aliphatic heterocycles. The first-order chi connectivity index (χ1) is 58.2. The maximum atomic E-state index is 6.63. The summed E-state index contributed by atoms with van der Waals surface area (Å²) >= 11 is 19.7. The lowest BCUT2D eigenvalue weighted by Gasteiger charge is -2.24. The van der Waals surface area contributed by atoms with E-state index in [0.717, 1.165) is 27.8 Å². The van der Waals surface area contributed by atoms with Crippen molar-refractivity contribution in [1.29, 1.82) is 0 Å². The van der Waals surface area contributed by atoms with E-state index in [1.165, 1.54) is 151 Å². The molecule has 0 amide bonds. The fourth-order valence-electron chi connectivity index (χ4n) is 17.1. The van der Waals surface area contributed by atoms with Gasteiger partial charge in [0.25, 0.3) is 0 Å². The summed E-state index contributed by atoms with van der Waals surface area (Å²) in [6.07, 6.45) is 3.80. The van der Waals surface area contributed by atoms with Crippen molar-refractivity contribution in [2.45, 2.75) is 0 Å². The molecular formula is C109H76N3P3S3. The molecule has 0 unspecified atom stereocenters. The number of fused-ring (bicyclic) bond motifs is 7. The minimum absolute atomic E-state index is 0.989. The zero-order chi connectivity index (χ0) is 79.4. The predicted octanol–water partition coefficient (Wildman–Crippen LogP) is 24.9. The summed E-state index contributed by atoms with van der Waals surface area (Å²) in [6.45, 7) is 0. The molecule has 0 N–H and O–H groups in total. The van der Waals surface area contributed by atoms with Crippen molar-refractivity contribution in [1.82, 2.24) is 15.0 Å². The second-order valence-corrected chi connectivity index (χ2v) is 42.5. The lowest BCUT2D eigenvalue weighted by molar-refractivity contribution is 1.34. The van der Waals surface area contributed by atoms with Crippen LogP contribution in [0.4, 0.5) is 0 Å². The van der Waals surface area contributed by atoms with Gasteiger partial charge in [-0.1, -0.05) is 454 Å². The van der Waals surface area contributed by atoms with E-state index in [9.17, 15) is 0 Å². The van der Waals surface area contributed by atoms with E-state index in [2.05, 4.69) is 431 Å². The summed E-state index contributed by atoms with van der Waals surface area (Å²) in [7, 11) is 0. The topological polar surface area (TPSA) is 38.7 Å². The Morgan fingerprint density at radius 1 is 0.169 bits per heavy atom. The fourth-order valence-corrected chi connectivity index (χ4v) is 28.3. The Hall–Kier alpha value is -12.8. The van der Waals surface area contributed by atoms with E-state index in [4.69, 9.17) is 50.4 Å². The van der Waals surface area contributed by atoms with Crippen molar-refractivity contribution >= 4 is 177 Å². The van der Waals surface area contributed by atoms with Gasteiger partial charge in [0.1, 0.15) is 0 Å². The third-order valence-corrected chi connectivity index (χ3v) is 37.5. The first-order valence-corrected chi connectivity index (χ1v) is 48.0. The van der Waals surface area contributed by atoms with Gasteiger partial charge in [0.05, 0.1) is 22.4 Å². The van der Waals surface area contributed by atoms with Crippen LogP contribution in [0, 0.1) is 0 Å². The first kappa shape index (κ1) is 75.2. The monoisotopic (exact) mass is 1620 g/mol.